The maximum Gasteiger partial charge on any atom is 0.337 e. The molecule has 0 N–H and O–H groups in total. The second-order valence-corrected chi connectivity index (χ2v) is 11.5. The topological polar surface area (TPSA) is 96.5 Å². The summed E-state index contributed by atoms with van der Waals surface area (Å²) < 4.78 is 20.9. The summed E-state index contributed by atoms with van der Waals surface area (Å²) in [5, 5.41) is 5.45. The lowest BCUT2D eigenvalue weighted by Gasteiger charge is -2.32. The first-order valence-electron chi connectivity index (χ1n) is 15.0. The van der Waals surface area contributed by atoms with E-state index in [0.717, 1.165) is 91.1 Å². The smallest absolute Gasteiger partial charge is 0.337 e. The van der Waals surface area contributed by atoms with E-state index >= 15 is 0 Å². The molecule has 1 unspecified atom stereocenters. The number of rotatable bonds is 9. The second-order valence-electron chi connectivity index (χ2n) is 11.5. The number of likely N-dealkylation sites (tertiary alicyclic amines) is 1. The van der Waals surface area contributed by atoms with E-state index < -0.39 is 0 Å². The van der Waals surface area contributed by atoms with Gasteiger partial charge in [-0.15, -0.1) is 0 Å². The van der Waals surface area contributed by atoms with Crippen LogP contribution in [0.4, 0.5) is 0 Å². The summed E-state index contributed by atoms with van der Waals surface area (Å²) in [6, 6.07) is 18.0. The van der Waals surface area contributed by atoms with Gasteiger partial charge in [0.25, 0.3) is 0 Å². The number of hydrogen-bond donors (Lipinski definition) is 0. The molecule has 0 saturated carbocycles. The minimum Gasteiger partial charge on any atom is -0.473 e. The maximum atomic E-state index is 12.2. The van der Waals surface area contributed by atoms with Crippen LogP contribution in [0.25, 0.3) is 21.9 Å². The molecule has 5 aromatic rings. The molecule has 3 aromatic heterocycles. The normalized spacial score (nSPS) is 17.8. The van der Waals surface area contributed by atoms with Crippen molar-refractivity contribution in [1.29, 1.82) is 0 Å². The van der Waals surface area contributed by atoms with Crippen molar-refractivity contribution in [2.75, 3.05) is 26.8 Å². The van der Waals surface area contributed by atoms with E-state index in [1.807, 2.05) is 42.2 Å². The summed E-state index contributed by atoms with van der Waals surface area (Å²) in [5.74, 6) is 1.70. The van der Waals surface area contributed by atoms with Crippen LogP contribution in [0.5, 0.6) is 5.88 Å². The SMILES string of the molecule is COC(=O)c1ccc2nc(CN3CCC(c4cccc(OCc5ccc6cnn(C)c6c5)n4)CC3)n(CC3CCO3)c2c1. The minimum atomic E-state index is -0.340. The third-order valence-corrected chi connectivity index (χ3v) is 8.74. The molecular formula is C33H36N6O4. The van der Waals surface area contributed by atoms with Gasteiger partial charge in [-0.2, -0.15) is 5.10 Å². The number of pyridine rings is 1. The zero-order valence-electron chi connectivity index (χ0n) is 24.6. The van der Waals surface area contributed by atoms with E-state index in [0.29, 0.717) is 24.0 Å². The van der Waals surface area contributed by atoms with Gasteiger partial charge >= 0.3 is 5.97 Å². The van der Waals surface area contributed by atoms with Crippen LogP contribution in [0.1, 0.15) is 52.6 Å². The Hall–Kier alpha value is -4.28. The average molecular weight is 581 g/mol. The van der Waals surface area contributed by atoms with Gasteiger partial charge in [0.15, 0.2) is 0 Å². The number of methoxy groups -OCH3 is 1. The Morgan fingerprint density at radius 2 is 1.88 bits per heavy atom. The largest absolute Gasteiger partial charge is 0.473 e. The summed E-state index contributed by atoms with van der Waals surface area (Å²) in [4.78, 5) is 24.5. The Morgan fingerprint density at radius 3 is 2.67 bits per heavy atom. The van der Waals surface area contributed by atoms with E-state index in [-0.39, 0.29) is 12.1 Å². The van der Waals surface area contributed by atoms with Gasteiger partial charge < -0.3 is 18.8 Å². The predicted molar refractivity (Wildman–Crippen MR) is 162 cm³/mol. The Balaban J connectivity index is 1.00. The molecule has 2 aliphatic rings. The summed E-state index contributed by atoms with van der Waals surface area (Å²) in [6.45, 7) is 4.66. The lowest BCUT2D eigenvalue weighted by molar-refractivity contribution is -0.0592. The molecule has 5 heterocycles. The Labute approximate surface area is 250 Å². The van der Waals surface area contributed by atoms with Crippen molar-refractivity contribution in [2.24, 2.45) is 7.05 Å². The van der Waals surface area contributed by atoms with Crippen molar-refractivity contribution >= 4 is 27.9 Å². The first kappa shape index (κ1) is 27.5. The van der Waals surface area contributed by atoms with Crippen LogP contribution in [-0.4, -0.2) is 68.1 Å². The first-order valence-corrected chi connectivity index (χ1v) is 15.0. The summed E-state index contributed by atoms with van der Waals surface area (Å²) in [5.41, 5.74) is 5.64. The van der Waals surface area contributed by atoms with Crippen molar-refractivity contribution in [3.05, 3.63) is 83.4 Å². The van der Waals surface area contributed by atoms with E-state index in [1.165, 1.54) is 7.11 Å². The zero-order valence-corrected chi connectivity index (χ0v) is 24.6. The van der Waals surface area contributed by atoms with Crippen molar-refractivity contribution in [3.8, 4) is 5.88 Å². The Bertz CT molecular complexity index is 1770. The van der Waals surface area contributed by atoms with Crippen molar-refractivity contribution in [3.63, 3.8) is 0 Å². The van der Waals surface area contributed by atoms with Gasteiger partial charge in [0, 0.05) is 36.7 Å². The number of aryl methyl sites for hydroxylation is 1. The zero-order chi connectivity index (χ0) is 29.3. The molecule has 43 heavy (non-hydrogen) atoms. The highest BCUT2D eigenvalue weighted by Crippen LogP contribution is 2.30. The molecule has 10 heteroatoms. The van der Waals surface area contributed by atoms with Gasteiger partial charge in [-0.25, -0.2) is 14.8 Å². The van der Waals surface area contributed by atoms with E-state index in [4.69, 9.17) is 24.2 Å². The van der Waals surface area contributed by atoms with Crippen molar-refractivity contribution in [2.45, 2.75) is 51.0 Å². The highest BCUT2D eigenvalue weighted by atomic mass is 16.5. The quantitative estimate of drug-likeness (QED) is 0.228. The lowest BCUT2D eigenvalue weighted by atomic mass is 9.93. The minimum absolute atomic E-state index is 0.183. The fourth-order valence-corrected chi connectivity index (χ4v) is 6.14. The number of benzene rings is 2. The molecule has 222 valence electrons. The number of nitrogens with zero attached hydrogens (tertiary/aromatic N) is 6. The molecule has 2 aromatic carbocycles. The number of esters is 1. The molecule has 7 rings (SSSR count). The Morgan fingerprint density at radius 1 is 1.02 bits per heavy atom. The molecule has 0 spiro atoms. The van der Waals surface area contributed by atoms with Crippen molar-refractivity contribution in [1.82, 2.24) is 29.2 Å². The number of fused-ring (bicyclic) bond motifs is 2. The van der Waals surface area contributed by atoms with Gasteiger partial charge in [-0.1, -0.05) is 18.2 Å². The Kier molecular flexibility index (Phi) is 7.54. The monoisotopic (exact) mass is 580 g/mol. The van der Waals surface area contributed by atoms with Crippen LogP contribution in [0.15, 0.2) is 60.8 Å². The summed E-state index contributed by atoms with van der Waals surface area (Å²) in [6.07, 6.45) is 5.13. The molecule has 1 atom stereocenters. The molecule has 0 radical (unpaired) electrons. The second kappa shape index (κ2) is 11.8. The van der Waals surface area contributed by atoms with Crippen LogP contribution in [0, 0.1) is 0 Å². The van der Waals surface area contributed by atoms with Gasteiger partial charge in [0.1, 0.15) is 12.4 Å². The molecule has 0 bridgehead atoms. The van der Waals surface area contributed by atoms with Crippen LogP contribution in [0.3, 0.4) is 0 Å². The molecule has 10 nitrogen and oxygen atoms in total. The lowest BCUT2D eigenvalue weighted by Crippen LogP contribution is -2.35. The molecule has 2 fully saturated rings. The molecule has 0 aliphatic carbocycles. The number of imidazole rings is 1. The fraction of sp³-hybridized carbons (Fsp3) is 0.394. The van der Waals surface area contributed by atoms with E-state index in [9.17, 15) is 4.79 Å². The molecule has 0 amide bonds. The number of piperidine rings is 1. The number of carbonyl (C=O) groups is 1. The first-order chi connectivity index (χ1) is 21.0. The third kappa shape index (κ3) is 5.72. The van der Waals surface area contributed by atoms with Crippen molar-refractivity contribution < 1.29 is 19.0 Å². The van der Waals surface area contributed by atoms with Crippen LogP contribution in [-0.2, 0) is 36.2 Å². The standard InChI is InChI=1S/C33H36N6O4/c1-37-29-16-22(6-7-25(29)18-34-37)21-43-32-5-3-4-27(36-32)23-10-13-38(14-11-23)20-31-35-28-9-8-24(33(40)41-2)17-30(28)39(31)19-26-12-15-42-26/h3-9,16-18,23,26H,10-15,19-21H2,1-2H3. The summed E-state index contributed by atoms with van der Waals surface area (Å²) >= 11 is 0. The third-order valence-electron chi connectivity index (χ3n) is 8.74. The van der Waals surface area contributed by atoms with Gasteiger partial charge in [-0.3, -0.25) is 9.58 Å². The fourth-order valence-electron chi connectivity index (χ4n) is 6.14. The molecule has 2 aliphatic heterocycles. The van der Waals surface area contributed by atoms with Crippen LogP contribution < -0.4 is 4.74 Å². The number of aromatic nitrogens is 5. The van der Waals surface area contributed by atoms with Gasteiger partial charge in [0.05, 0.1) is 54.6 Å². The van der Waals surface area contributed by atoms with Gasteiger partial charge in [-0.05, 0) is 68.2 Å². The van der Waals surface area contributed by atoms with Crippen LogP contribution >= 0.6 is 0 Å². The highest BCUT2D eigenvalue weighted by Gasteiger charge is 2.26. The van der Waals surface area contributed by atoms with E-state index in [2.05, 4.69) is 38.8 Å². The van der Waals surface area contributed by atoms with Crippen LogP contribution in [0.2, 0.25) is 0 Å². The maximum absolute atomic E-state index is 12.2. The number of hydrogen-bond acceptors (Lipinski definition) is 8. The number of carbonyl (C=O) groups excluding carboxylic acids is 1. The average Bonchev–Trinajstić information content (AvgIpc) is 3.56. The predicted octanol–water partition coefficient (Wildman–Crippen LogP) is 4.85. The molecular weight excluding hydrogens is 544 g/mol. The number of ether oxygens (including phenoxy) is 3. The van der Waals surface area contributed by atoms with E-state index in [1.54, 1.807) is 6.07 Å². The molecule has 2 saturated heterocycles. The summed E-state index contributed by atoms with van der Waals surface area (Å²) in [7, 11) is 3.36. The highest BCUT2D eigenvalue weighted by molar-refractivity contribution is 5.93. The van der Waals surface area contributed by atoms with Gasteiger partial charge in [0.2, 0.25) is 5.88 Å².